The lowest BCUT2D eigenvalue weighted by molar-refractivity contribution is 0.0594. The number of carbonyl (C=O) groups is 1. The van der Waals surface area contributed by atoms with Gasteiger partial charge in [0.15, 0.2) is 0 Å². The van der Waals surface area contributed by atoms with Crippen molar-refractivity contribution in [2.24, 2.45) is 0 Å². The van der Waals surface area contributed by atoms with E-state index in [4.69, 9.17) is 0 Å². The number of aromatic amines is 1. The molecule has 1 heterocycles. The summed E-state index contributed by atoms with van der Waals surface area (Å²) in [6.45, 7) is 7.16. The van der Waals surface area contributed by atoms with Gasteiger partial charge in [0.05, 0.1) is 7.11 Å². The second-order valence-electron chi connectivity index (χ2n) is 4.48. The SMILES string of the molecule is CCC(C)(C)NCc1ccc(C(=O)OC)[nH]1. The normalized spacial score (nSPS) is 11.5. The Hall–Kier alpha value is -1.29. The molecular weight excluding hydrogens is 204 g/mol. The molecule has 16 heavy (non-hydrogen) atoms. The van der Waals surface area contributed by atoms with Crippen LogP contribution in [0, 0.1) is 0 Å². The fraction of sp³-hybridized carbons (Fsp3) is 0.583. The number of hydrogen-bond acceptors (Lipinski definition) is 3. The Labute approximate surface area is 96.4 Å². The van der Waals surface area contributed by atoms with Gasteiger partial charge >= 0.3 is 5.97 Å². The summed E-state index contributed by atoms with van der Waals surface area (Å²) in [6, 6.07) is 3.63. The minimum atomic E-state index is -0.332. The first-order valence-corrected chi connectivity index (χ1v) is 5.49. The first-order valence-electron chi connectivity index (χ1n) is 5.49. The molecule has 0 aliphatic rings. The van der Waals surface area contributed by atoms with E-state index >= 15 is 0 Å². The molecule has 1 aromatic rings. The summed E-state index contributed by atoms with van der Waals surface area (Å²) < 4.78 is 4.63. The molecule has 0 saturated heterocycles. The average Bonchev–Trinajstić information content (AvgIpc) is 2.74. The summed E-state index contributed by atoms with van der Waals surface area (Å²) in [4.78, 5) is 14.2. The van der Waals surface area contributed by atoms with Crippen molar-refractivity contribution < 1.29 is 9.53 Å². The number of esters is 1. The van der Waals surface area contributed by atoms with Crippen molar-refractivity contribution in [3.63, 3.8) is 0 Å². The maximum absolute atomic E-state index is 11.2. The van der Waals surface area contributed by atoms with Gasteiger partial charge < -0.3 is 15.0 Å². The molecule has 0 unspecified atom stereocenters. The van der Waals surface area contributed by atoms with Crippen molar-refractivity contribution in [3.05, 3.63) is 23.5 Å². The molecule has 0 aliphatic carbocycles. The molecule has 2 N–H and O–H groups in total. The number of H-pyrrole nitrogens is 1. The van der Waals surface area contributed by atoms with Crippen LogP contribution in [0.1, 0.15) is 43.4 Å². The Morgan fingerprint density at radius 3 is 2.75 bits per heavy atom. The second kappa shape index (κ2) is 5.16. The second-order valence-corrected chi connectivity index (χ2v) is 4.48. The third kappa shape index (κ3) is 3.38. The minimum Gasteiger partial charge on any atom is -0.464 e. The summed E-state index contributed by atoms with van der Waals surface area (Å²) in [7, 11) is 1.38. The highest BCUT2D eigenvalue weighted by molar-refractivity contribution is 5.87. The van der Waals surface area contributed by atoms with E-state index in [9.17, 15) is 4.79 Å². The van der Waals surface area contributed by atoms with E-state index in [0.717, 1.165) is 18.7 Å². The highest BCUT2D eigenvalue weighted by Gasteiger charge is 2.14. The van der Waals surface area contributed by atoms with E-state index < -0.39 is 0 Å². The van der Waals surface area contributed by atoms with Gasteiger partial charge in [-0.05, 0) is 32.4 Å². The van der Waals surface area contributed by atoms with Crippen LogP contribution in [0.25, 0.3) is 0 Å². The molecule has 0 aromatic carbocycles. The molecule has 90 valence electrons. The molecule has 0 aliphatic heterocycles. The van der Waals surface area contributed by atoms with Gasteiger partial charge in [-0.25, -0.2) is 4.79 Å². The van der Waals surface area contributed by atoms with Crippen LogP contribution in [0.5, 0.6) is 0 Å². The summed E-state index contributed by atoms with van der Waals surface area (Å²) in [5, 5.41) is 3.41. The Kier molecular flexibility index (Phi) is 4.12. The predicted octanol–water partition coefficient (Wildman–Crippen LogP) is 2.08. The molecular formula is C12H20N2O2. The zero-order valence-electron chi connectivity index (χ0n) is 10.4. The molecule has 4 nitrogen and oxygen atoms in total. The van der Waals surface area contributed by atoms with E-state index in [2.05, 4.69) is 35.8 Å². The van der Waals surface area contributed by atoms with Crippen LogP contribution in [0.2, 0.25) is 0 Å². The molecule has 0 spiro atoms. The van der Waals surface area contributed by atoms with E-state index in [1.807, 2.05) is 6.07 Å². The first-order chi connectivity index (χ1) is 7.48. The van der Waals surface area contributed by atoms with Gasteiger partial charge in [-0.1, -0.05) is 6.92 Å². The lowest BCUT2D eigenvalue weighted by Crippen LogP contribution is -2.37. The lowest BCUT2D eigenvalue weighted by atomic mass is 10.0. The van der Waals surface area contributed by atoms with E-state index in [0.29, 0.717) is 5.69 Å². The monoisotopic (exact) mass is 224 g/mol. The van der Waals surface area contributed by atoms with E-state index in [1.54, 1.807) is 6.07 Å². The molecule has 1 rings (SSSR count). The van der Waals surface area contributed by atoms with Gasteiger partial charge in [0.1, 0.15) is 5.69 Å². The smallest absolute Gasteiger partial charge is 0.354 e. The Bertz CT molecular complexity index is 356. The van der Waals surface area contributed by atoms with Crippen LogP contribution in [-0.4, -0.2) is 23.6 Å². The first kappa shape index (κ1) is 12.8. The number of nitrogens with one attached hydrogen (secondary N) is 2. The summed E-state index contributed by atoms with van der Waals surface area (Å²) in [5.41, 5.74) is 1.59. The largest absolute Gasteiger partial charge is 0.464 e. The van der Waals surface area contributed by atoms with Crippen molar-refractivity contribution >= 4 is 5.97 Å². The third-order valence-corrected chi connectivity index (χ3v) is 2.79. The number of carbonyl (C=O) groups excluding carboxylic acids is 1. The van der Waals surface area contributed by atoms with Crippen molar-refractivity contribution in [1.82, 2.24) is 10.3 Å². The van der Waals surface area contributed by atoms with Crippen LogP contribution >= 0.6 is 0 Å². The quantitative estimate of drug-likeness (QED) is 0.753. The zero-order chi connectivity index (χ0) is 12.2. The number of aromatic nitrogens is 1. The molecule has 0 saturated carbocycles. The fourth-order valence-corrected chi connectivity index (χ4v) is 1.23. The van der Waals surface area contributed by atoms with Crippen LogP contribution < -0.4 is 5.32 Å². The Morgan fingerprint density at radius 2 is 2.19 bits per heavy atom. The molecule has 0 fully saturated rings. The van der Waals surface area contributed by atoms with Crippen LogP contribution in [0.4, 0.5) is 0 Å². The predicted molar refractivity (Wildman–Crippen MR) is 63.3 cm³/mol. The summed E-state index contributed by atoms with van der Waals surface area (Å²) >= 11 is 0. The van der Waals surface area contributed by atoms with Crippen molar-refractivity contribution in [2.75, 3.05) is 7.11 Å². The van der Waals surface area contributed by atoms with Gasteiger partial charge in [0.2, 0.25) is 0 Å². The highest BCUT2D eigenvalue weighted by Crippen LogP contribution is 2.09. The molecule has 4 heteroatoms. The summed E-state index contributed by atoms with van der Waals surface area (Å²) in [6.07, 6.45) is 1.05. The fourth-order valence-electron chi connectivity index (χ4n) is 1.23. The minimum absolute atomic E-state index is 0.108. The molecule has 0 atom stereocenters. The highest BCUT2D eigenvalue weighted by atomic mass is 16.5. The summed E-state index contributed by atoms with van der Waals surface area (Å²) in [5.74, 6) is -0.332. The molecule has 1 aromatic heterocycles. The van der Waals surface area contributed by atoms with Gasteiger partial charge in [-0.15, -0.1) is 0 Å². The zero-order valence-corrected chi connectivity index (χ0v) is 10.4. The number of hydrogen-bond donors (Lipinski definition) is 2. The van der Waals surface area contributed by atoms with Crippen molar-refractivity contribution in [3.8, 4) is 0 Å². The van der Waals surface area contributed by atoms with Crippen LogP contribution in [0.15, 0.2) is 12.1 Å². The van der Waals surface area contributed by atoms with Gasteiger partial charge in [-0.2, -0.15) is 0 Å². The van der Waals surface area contributed by atoms with E-state index in [1.165, 1.54) is 7.11 Å². The number of ether oxygens (including phenoxy) is 1. The van der Waals surface area contributed by atoms with Crippen molar-refractivity contribution in [1.29, 1.82) is 0 Å². The Balaban J connectivity index is 2.56. The van der Waals surface area contributed by atoms with Crippen molar-refractivity contribution in [2.45, 2.75) is 39.3 Å². The van der Waals surface area contributed by atoms with Crippen LogP contribution in [0.3, 0.4) is 0 Å². The molecule has 0 amide bonds. The Morgan fingerprint density at radius 1 is 1.50 bits per heavy atom. The lowest BCUT2D eigenvalue weighted by Gasteiger charge is -2.24. The third-order valence-electron chi connectivity index (χ3n) is 2.79. The molecule has 0 radical (unpaired) electrons. The number of rotatable bonds is 5. The topological polar surface area (TPSA) is 54.1 Å². The maximum Gasteiger partial charge on any atom is 0.354 e. The van der Waals surface area contributed by atoms with E-state index in [-0.39, 0.29) is 11.5 Å². The number of methoxy groups -OCH3 is 1. The molecule has 0 bridgehead atoms. The average molecular weight is 224 g/mol. The van der Waals surface area contributed by atoms with Gasteiger partial charge in [0.25, 0.3) is 0 Å². The van der Waals surface area contributed by atoms with Gasteiger partial charge in [-0.3, -0.25) is 0 Å². The van der Waals surface area contributed by atoms with Gasteiger partial charge in [0, 0.05) is 17.8 Å². The standard InChI is InChI=1S/C12H20N2O2/c1-5-12(2,3)13-8-9-6-7-10(14-9)11(15)16-4/h6-7,13-14H,5,8H2,1-4H3. The van der Waals surface area contributed by atoms with Crippen LogP contribution in [-0.2, 0) is 11.3 Å². The maximum atomic E-state index is 11.2.